The molecule has 0 bridgehead atoms. The van der Waals surface area contributed by atoms with E-state index < -0.39 is 17.7 Å². The number of amides is 3. The lowest BCUT2D eigenvalue weighted by Gasteiger charge is -2.18. The number of benzene rings is 3. The summed E-state index contributed by atoms with van der Waals surface area (Å²) in [5.74, 6) is -1.15. The van der Waals surface area contributed by atoms with Crippen LogP contribution in [0.3, 0.4) is 0 Å². The molecule has 0 aromatic heterocycles. The highest BCUT2D eigenvalue weighted by Gasteiger charge is 2.39. The summed E-state index contributed by atoms with van der Waals surface area (Å²) >= 11 is 12.3. The highest BCUT2D eigenvalue weighted by Crippen LogP contribution is 2.33. The minimum absolute atomic E-state index is 0.0633. The van der Waals surface area contributed by atoms with Crippen LogP contribution in [0.25, 0.3) is 0 Å². The molecule has 1 aliphatic rings. The fraction of sp³-hybridized carbons (Fsp3) is 0.115. The van der Waals surface area contributed by atoms with Crippen molar-refractivity contribution in [3.8, 4) is 5.75 Å². The third-order valence-electron chi connectivity index (χ3n) is 5.65. The van der Waals surface area contributed by atoms with Gasteiger partial charge >= 0.3 is 0 Å². The summed E-state index contributed by atoms with van der Waals surface area (Å²) in [7, 11) is 1.49. The molecule has 3 aromatic rings. The summed E-state index contributed by atoms with van der Waals surface area (Å²) < 4.78 is 5.26. The number of carbonyl (C=O) groups is 3. The van der Waals surface area contributed by atoms with E-state index >= 15 is 0 Å². The monoisotopic (exact) mass is 509 g/mol. The van der Waals surface area contributed by atoms with Gasteiger partial charge in [-0.2, -0.15) is 0 Å². The summed E-state index contributed by atoms with van der Waals surface area (Å²) in [4.78, 5) is 39.9. The maximum atomic E-state index is 13.2. The Bertz CT molecular complexity index is 1400. The number of ether oxygens (including phenoxy) is 1. The molecule has 2 N–H and O–H groups in total. The van der Waals surface area contributed by atoms with Crippen molar-refractivity contribution in [2.75, 3.05) is 22.6 Å². The average Bonchev–Trinajstić information content (AvgIpc) is 3.04. The van der Waals surface area contributed by atoms with E-state index in [9.17, 15) is 14.4 Å². The molecule has 1 heterocycles. The summed E-state index contributed by atoms with van der Waals surface area (Å²) in [5.41, 5.74) is 3.27. The van der Waals surface area contributed by atoms with Crippen LogP contribution in [0.5, 0.6) is 5.75 Å². The van der Waals surface area contributed by atoms with Crippen molar-refractivity contribution in [1.82, 2.24) is 0 Å². The molecule has 3 aromatic carbocycles. The second kappa shape index (κ2) is 9.82. The lowest BCUT2D eigenvalue weighted by Crippen LogP contribution is -2.33. The Kier molecular flexibility index (Phi) is 6.82. The number of imide groups is 1. The molecular formula is C26H21Cl2N3O4. The molecule has 178 valence electrons. The maximum absolute atomic E-state index is 13.2. The molecule has 0 saturated heterocycles. The molecule has 3 amide bonds. The first kappa shape index (κ1) is 24.3. The lowest BCUT2D eigenvalue weighted by atomic mass is 10.1. The van der Waals surface area contributed by atoms with Crippen LogP contribution in [0.1, 0.15) is 21.5 Å². The molecule has 4 rings (SSSR count). The zero-order chi connectivity index (χ0) is 25.3. The quantitative estimate of drug-likeness (QED) is 0.419. The van der Waals surface area contributed by atoms with Crippen LogP contribution in [0.4, 0.5) is 17.1 Å². The van der Waals surface area contributed by atoms with Crippen LogP contribution < -0.4 is 20.3 Å². The fourth-order valence-corrected chi connectivity index (χ4v) is 4.05. The van der Waals surface area contributed by atoms with Crippen LogP contribution in [0.15, 0.2) is 71.4 Å². The van der Waals surface area contributed by atoms with Gasteiger partial charge in [0.1, 0.15) is 16.5 Å². The second-order valence-electron chi connectivity index (χ2n) is 7.86. The molecule has 9 heteroatoms. The molecule has 0 saturated carbocycles. The number of aryl methyl sites for hydroxylation is 1. The number of hydrogen-bond acceptors (Lipinski definition) is 5. The molecule has 0 aliphatic carbocycles. The van der Waals surface area contributed by atoms with E-state index in [2.05, 4.69) is 10.6 Å². The number of nitrogens with zero attached hydrogens (tertiary/aromatic N) is 1. The Morgan fingerprint density at radius 1 is 0.943 bits per heavy atom. The summed E-state index contributed by atoms with van der Waals surface area (Å²) in [6.45, 7) is 3.73. The highest BCUT2D eigenvalue weighted by molar-refractivity contribution is 6.53. The molecule has 0 atom stereocenters. The third kappa shape index (κ3) is 4.73. The normalized spacial score (nSPS) is 13.3. The zero-order valence-corrected chi connectivity index (χ0v) is 20.6. The largest absolute Gasteiger partial charge is 0.495 e. The number of anilines is 3. The van der Waals surface area contributed by atoms with Crippen molar-refractivity contribution >= 4 is 58.0 Å². The van der Waals surface area contributed by atoms with Gasteiger partial charge in [-0.05, 0) is 67.4 Å². The standard InChI is InChI=1S/C26H21Cl2N3O4/c1-14-6-4-9-20(15(14)2)31-25(33)22(28)23(26(31)34)29-18-8-5-7-16(12-18)24(32)30-19-13-17(27)10-11-21(19)35-3/h4-13,29H,1-3H3,(H,30,32). The van der Waals surface area contributed by atoms with Gasteiger partial charge in [0.05, 0.1) is 18.5 Å². The van der Waals surface area contributed by atoms with E-state index in [0.29, 0.717) is 33.4 Å². The van der Waals surface area contributed by atoms with Crippen molar-refractivity contribution in [1.29, 1.82) is 0 Å². The van der Waals surface area contributed by atoms with Crippen LogP contribution >= 0.6 is 23.2 Å². The molecule has 0 fully saturated rings. The Hall–Kier alpha value is -3.81. The summed E-state index contributed by atoms with van der Waals surface area (Å²) in [6.07, 6.45) is 0. The first-order chi connectivity index (χ1) is 16.7. The Morgan fingerprint density at radius 3 is 2.43 bits per heavy atom. The van der Waals surface area contributed by atoms with Crippen LogP contribution in [-0.4, -0.2) is 24.8 Å². The van der Waals surface area contributed by atoms with Gasteiger partial charge in [0.25, 0.3) is 17.7 Å². The second-order valence-corrected chi connectivity index (χ2v) is 8.67. The van der Waals surface area contributed by atoms with Gasteiger partial charge in [0, 0.05) is 16.3 Å². The van der Waals surface area contributed by atoms with Crippen molar-refractivity contribution in [2.45, 2.75) is 13.8 Å². The number of rotatable bonds is 6. The van der Waals surface area contributed by atoms with Crippen molar-refractivity contribution in [2.24, 2.45) is 0 Å². The minimum atomic E-state index is -0.616. The average molecular weight is 510 g/mol. The van der Waals surface area contributed by atoms with Crippen LogP contribution in [-0.2, 0) is 9.59 Å². The van der Waals surface area contributed by atoms with Crippen LogP contribution in [0.2, 0.25) is 5.02 Å². The Morgan fingerprint density at radius 2 is 1.69 bits per heavy atom. The van der Waals surface area contributed by atoms with Crippen molar-refractivity contribution in [3.63, 3.8) is 0 Å². The first-order valence-electron chi connectivity index (χ1n) is 10.6. The third-order valence-corrected chi connectivity index (χ3v) is 6.23. The van der Waals surface area contributed by atoms with Gasteiger partial charge in [-0.25, -0.2) is 4.90 Å². The molecular weight excluding hydrogens is 489 g/mol. The Balaban J connectivity index is 1.57. The van der Waals surface area contributed by atoms with E-state index in [-0.39, 0.29) is 10.7 Å². The predicted molar refractivity (Wildman–Crippen MR) is 137 cm³/mol. The smallest absolute Gasteiger partial charge is 0.283 e. The molecule has 0 radical (unpaired) electrons. The molecule has 7 nitrogen and oxygen atoms in total. The van der Waals surface area contributed by atoms with E-state index in [4.69, 9.17) is 27.9 Å². The van der Waals surface area contributed by atoms with Gasteiger partial charge in [0.15, 0.2) is 0 Å². The van der Waals surface area contributed by atoms with Crippen molar-refractivity contribution in [3.05, 3.63) is 93.1 Å². The SMILES string of the molecule is COc1ccc(Cl)cc1NC(=O)c1cccc(NC2=C(Cl)C(=O)N(c3cccc(C)c3C)C2=O)c1. The molecule has 0 spiro atoms. The molecule has 0 unspecified atom stereocenters. The summed E-state index contributed by atoms with van der Waals surface area (Å²) in [5, 5.41) is 5.88. The fourth-order valence-electron chi connectivity index (χ4n) is 3.66. The zero-order valence-electron chi connectivity index (χ0n) is 19.1. The maximum Gasteiger partial charge on any atom is 0.283 e. The number of carbonyl (C=O) groups excluding carboxylic acids is 3. The lowest BCUT2D eigenvalue weighted by molar-refractivity contribution is -0.120. The Labute approximate surface area is 212 Å². The summed E-state index contributed by atoms with van der Waals surface area (Å²) in [6, 6.07) is 16.7. The van der Waals surface area contributed by atoms with Gasteiger partial charge in [0.2, 0.25) is 0 Å². The number of halogens is 2. The predicted octanol–water partition coefficient (Wildman–Crippen LogP) is 5.65. The number of methoxy groups -OCH3 is 1. The number of hydrogen-bond donors (Lipinski definition) is 2. The van der Waals surface area contributed by atoms with E-state index in [1.807, 2.05) is 19.9 Å². The first-order valence-corrected chi connectivity index (χ1v) is 11.3. The van der Waals surface area contributed by atoms with E-state index in [0.717, 1.165) is 16.0 Å². The topological polar surface area (TPSA) is 87.7 Å². The highest BCUT2D eigenvalue weighted by atomic mass is 35.5. The van der Waals surface area contributed by atoms with Gasteiger partial charge < -0.3 is 15.4 Å². The molecule has 35 heavy (non-hydrogen) atoms. The van der Waals surface area contributed by atoms with Gasteiger partial charge in [-0.1, -0.05) is 41.4 Å². The van der Waals surface area contributed by atoms with Gasteiger partial charge in [-0.3, -0.25) is 14.4 Å². The van der Waals surface area contributed by atoms with E-state index in [1.165, 1.54) is 7.11 Å². The minimum Gasteiger partial charge on any atom is -0.495 e. The van der Waals surface area contributed by atoms with Crippen LogP contribution in [0, 0.1) is 13.8 Å². The molecule has 1 aliphatic heterocycles. The van der Waals surface area contributed by atoms with Crippen molar-refractivity contribution < 1.29 is 19.1 Å². The van der Waals surface area contributed by atoms with E-state index in [1.54, 1.807) is 54.6 Å². The van der Waals surface area contributed by atoms with Gasteiger partial charge in [-0.15, -0.1) is 0 Å². The number of nitrogens with one attached hydrogen (secondary N) is 2.